The van der Waals surface area contributed by atoms with Gasteiger partial charge in [-0.2, -0.15) is 5.10 Å². The number of nitrogens with zero attached hydrogens (tertiary/aromatic N) is 2. The summed E-state index contributed by atoms with van der Waals surface area (Å²) in [5.41, 5.74) is 5.49. The lowest BCUT2D eigenvalue weighted by atomic mass is 10.3. The van der Waals surface area contributed by atoms with Crippen molar-refractivity contribution in [3.8, 4) is 0 Å². The van der Waals surface area contributed by atoms with E-state index >= 15 is 0 Å². The van der Waals surface area contributed by atoms with Crippen molar-refractivity contribution >= 4 is 0 Å². The van der Waals surface area contributed by atoms with E-state index in [4.69, 9.17) is 5.73 Å². The van der Waals surface area contributed by atoms with Crippen LogP contribution < -0.4 is 11.4 Å². The van der Waals surface area contributed by atoms with Gasteiger partial charge in [-0.1, -0.05) is 13.3 Å². The van der Waals surface area contributed by atoms with Crippen molar-refractivity contribution in [3.05, 3.63) is 16.3 Å². The summed E-state index contributed by atoms with van der Waals surface area (Å²) in [4.78, 5) is 11.2. The third-order valence-electron chi connectivity index (χ3n) is 1.93. The zero-order valence-corrected chi connectivity index (χ0v) is 8.08. The van der Waals surface area contributed by atoms with Crippen LogP contribution in [0, 0.1) is 0 Å². The number of nitrogens with one attached hydrogen (secondary N) is 1. The molecular formula is C8H16N4O. The topological polar surface area (TPSA) is 76.7 Å². The Hall–Kier alpha value is -1.10. The van der Waals surface area contributed by atoms with Crippen LogP contribution in [0.1, 0.15) is 38.6 Å². The molecule has 0 fully saturated rings. The highest BCUT2D eigenvalue weighted by atomic mass is 16.1. The highest BCUT2D eigenvalue weighted by Crippen LogP contribution is 2.03. The quantitative estimate of drug-likeness (QED) is 0.710. The third-order valence-corrected chi connectivity index (χ3v) is 1.93. The molecule has 0 amide bonds. The van der Waals surface area contributed by atoms with Gasteiger partial charge in [0.05, 0.1) is 6.04 Å². The zero-order chi connectivity index (χ0) is 9.84. The second kappa shape index (κ2) is 4.23. The van der Waals surface area contributed by atoms with E-state index in [0.717, 1.165) is 12.8 Å². The summed E-state index contributed by atoms with van der Waals surface area (Å²) >= 11 is 0. The average Bonchev–Trinajstić information content (AvgIpc) is 2.43. The van der Waals surface area contributed by atoms with Gasteiger partial charge in [0.25, 0.3) is 0 Å². The van der Waals surface area contributed by atoms with E-state index in [1.807, 2.05) is 6.92 Å². The maximum Gasteiger partial charge on any atom is 0.343 e. The number of nitrogens with two attached hydrogens (primary N) is 1. The molecule has 0 bridgehead atoms. The molecule has 74 valence electrons. The molecule has 13 heavy (non-hydrogen) atoms. The summed E-state index contributed by atoms with van der Waals surface area (Å²) in [6.45, 7) is 4.59. The SMILES string of the molecule is CCCCn1c(C(C)N)n[nH]c1=O. The lowest BCUT2D eigenvalue weighted by molar-refractivity contribution is 0.564. The van der Waals surface area contributed by atoms with Crippen molar-refractivity contribution in [1.29, 1.82) is 0 Å². The summed E-state index contributed by atoms with van der Waals surface area (Å²) < 4.78 is 1.61. The maximum absolute atomic E-state index is 11.2. The second-order valence-electron chi connectivity index (χ2n) is 3.18. The molecule has 5 nitrogen and oxygen atoms in total. The van der Waals surface area contributed by atoms with Crippen LogP contribution in [0.4, 0.5) is 0 Å². The van der Waals surface area contributed by atoms with Gasteiger partial charge in [-0.15, -0.1) is 0 Å². The van der Waals surface area contributed by atoms with E-state index in [0.29, 0.717) is 12.4 Å². The molecule has 0 spiro atoms. The Morgan fingerprint density at radius 1 is 1.69 bits per heavy atom. The molecule has 0 aliphatic carbocycles. The minimum absolute atomic E-state index is 0.166. The molecule has 0 aromatic carbocycles. The van der Waals surface area contributed by atoms with E-state index in [1.165, 1.54) is 0 Å². The first-order chi connectivity index (χ1) is 6.16. The van der Waals surface area contributed by atoms with Gasteiger partial charge in [-0.25, -0.2) is 9.89 Å². The molecular weight excluding hydrogens is 168 g/mol. The number of hydrogen-bond acceptors (Lipinski definition) is 3. The lowest BCUT2D eigenvalue weighted by Gasteiger charge is -2.06. The van der Waals surface area contributed by atoms with Crippen LogP contribution in [0.5, 0.6) is 0 Å². The number of unbranched alkanes of at least 4 members (excludes halogenated alkanes) is 1. The van der Waals surface area contributed by atoms with Gasteiger partial charge >= 0.3 is 5.69 Å². The number of aromatic amines is 1. The second-order valence-corrected chi connectivity index (χ2v) is 3.18. The van der Waals surface area contributed by atoms with Crippen molar-refractivity contribution in [3.63, 3.8) is 0 Å². The Morgan fingerprint density at radius 3 is 2.92 bits per heavy atom. The van der Waals surface area contributed by atoms with Crippen LogP contribution in [0.25, 0.3) is 0 Å². The monoisotopic (exact) mass is 184 g/mol. The van der Waals surface area contributed by atoms with Gasteiger partial charge in [0.1, 0.15) is 5.82 Å². The van der Waals surface area contributed by atoms with Crippen LogP contribution in [0.3, 0.4) is 0 Å². The van der Waals surface area contributed by atoms with E-state index in [1.54, 1.807) is 4.57 Å². The van der Waals surface area contributed by atoms with E-state index in [2.05, 4.69) is 17.1 Å². The predicted octanol–water partition coefficient (Wildman–Crippen LogP) is 0.391. The zero-order valence-electron chi connectivity index (χ0n) is 8.08. The summed E-state index contributed by atoms with van der Waals surface area (Å²) in [5.74, 6) is 0.637. The minimum atomic E-state index is -0.198. The van der Waals surface area contributed by atoms with Crippen LogP contribution in [0.15, 0.2) is 4.79 Å². The largest absolute Gasteiger partial charge is 0.343 e. The first-order valence-corrected chi connectivity index (χ1v) is 4.57. The molecule has 1 atom stereocenters. The Labute approximate surface area is 76.9 Å². The first kappa shape index (κ1) is 9.98. The Bertz CT molecular complexity index is 312. The fourth-order valence-electron chi connectivity index (χ4n) is 1.21. The first-order valence-electron chi connectivity index (χ1n) is 4.57. The number of hydrogen-bond donors (Lipinski definition) is 2. The van der Waals surface area contributed by atoms with Crippen molar-refractivity contribution in [1.82, 2.24) is 14.8 Å². The fourth-order valence-corrected chi connectivity index (χ4v) is 1.21. The molecule has 1 aromatic heterocycles. The highest BCUT2D eigenvalue weighted by Gasteiger charge is 2.10. The Morgan fingerprint density at radius 2 is 2.38 bits per heavy atom. The number of H-pyrrole nitrogens is 1. The predicted molar refractivity (Wildman–Crippen MR) is 50.4 cm³/mol. The summed E-state index contributed by atoms with van der Waals surface area (Å²) in [5, 5.41) is 6.27. The van der Waals surface area contributed by atoms with Gasteiger partial charge < -0.3 is 5.73 Å². The number of rotatable bonds is 4. The Balaban J connectivity index is 2.88. The molecule has 0 aliphatic rings. The van der Waals surface area contributed by atoms with Gasteiger partial charge in [-0.05, 0) is 13.3 Å². The smallest absolute Gasteiger partial charge is 0.322 e. The molecule has 0 saturated carbocycles. The van der Waals surface area contributed by atoms with E-state index in [-0.39, 0.29) is 11.7 Å². The molecule has 3 N–H and O–H groups in total. The van der Waals surface area contributed by atoms with Gasteiger partial charge in [-0.3, -0.25) is 4.57 Å². The highest BCUT2D eigenvalue weighted by molar-refractivity contribution is 4.91. The maximum atomic E-state index is 11.2. The standard InChI is InChI=1S/C8H16N4O/c1-3-4-5-12-7(6(2)9)10-11-8(12)13/h6H,3-5,9H2,1-2H3,(H,11,13). The summed E-state index contributed by atoms with van der Waals surface area (Å²) in [6.07, 6.45) is 2.02. The van der Waals surface area contributed by atoms with Gasteiger partial charge in [0.2, 0.25) is 0 Å². The number of aromatic nitrogens is 3. The lowest BCUT2D eigenvalue weighted by Crippen LogP contribution is -2.22. The van der Waals surface area contributed by atoms with Crippen LogP contribution >= 0.6 is 0 Å². The molecule has 1 heterocycles. The van der Waals surface area contributed by atoms with Crippen LogP contribution in [0.2, 0.25) is 0 Å². The van der Waals surface area contributed by atoms with Gasteiger partial charge in [0, 0.05) is 6.54 Å². The molecule has 1 rings (SSSR count). The normalized spacial score (nSPS) is 13.2. The van der Waals surface area contributed by atoms with E-state index in [9.17, 15) is 4.79 Å². The van der Waals surface area contributed by atoms with Gasteiger partial charge in [0.15, 0.2) is 0 Å². The van der Waals surface area contributed by atoms with Crippen molar-refractivity contribution < 1.29 is 0 Å². The minimum Gasteiger partial charge on any atom is -0.322 e. The molecule has 1 aromatic rings. The summed E-state index contributed by atoms with van der Waals surface area (Å²) in [7, 11) is 0. The van der Waals surface area contributed by atoms with Crippen LogP contribution in [-0.4, -0.2) is 14.8 Å². The Kier molecular flexibility index (Phi) is 3.25. The molecule has 0 radical (unpaired) electrons. The van der Waals surface area contributed by atoms with Crippen LogP contribution in [-0.2, 0) is 6.54 Å². The van der Waals surface area contributed by atoms with Crippen molar-refractivity contribution in [2.75, 3.05) is 0 Å². The molecule has 1 unspecified atom stereocenters. The fraction of sp³-hybridized carbons (Fsp3) is 0.750. The van der Waals surface area contributed by atoms with Crippen molar-refractivity contribution in [2.24, 2.45) is 5.73 Å². The molecule has 0 aliphatic heterocycles. The molecule has 5 heteroatoms. The third kappa shape index (κ3) is 2.18. The van der Waals surface area contributed by atoms with E-state index < -0.39 is 0 Å². The summed E-state index contributed by atoms with van der Waals surface area (Å²) in [6, 6.07) is -0.198. The average molecular weight is 184 g/mol. The van der Waals surface area contributed by atoms with Crippen molar-refractivity contribution in [2.45, 2.75) is 39.3 Å². The molecule has 0 saturated heterocycles.